The Kier molecular flexibility index (Phi) is 4.40. The smallest absolute Gasteiger partial charge is 0.239 e. The number of benzene rings is 1. The molecule has 1 N–H and O–H groups in total. The predicted molar refractivity (Wildman–Crippen MR) is 87.7 cm³/mol. The molecule has 2 amide bonds. The van der Waals surface area contributed by atoms with Gasteiger partial charge in [0.2, 0.25) is 11.8 Å². The zero-order valence-electron chi connectivity index (χ0n) is 12.5. The van der Waals surface area contributed by atoms with E-state index in [0.717, 1.165) is 6.54 Å². The number of carbonyl (C=O) groups is 2. The summed E-state index contributed by atoms with van der Waals surface area (Å²) in [7, 11) is 1.94. The van der Waals surface area contributed by atoms with Crippen LogP contribution >= 0.6 is 11.3 Å². The van der Waals surface area contributed by atoms with Gasteiger partial charge in [0, 0.05) is 24.3 Å². The van der Waals surface area contributed by atoms with E-state index >= 15 is 0 Å². The lowest BCUT2D eigenvalue weighted by Crippen LogP contribution is -2.52. The van der Waals surface area contributed by atoms with Crippen LogP contribution in [-0.2, 0) is 16.1 Å². The molecule has 6 heteroatoms. The summed E-state index contributed by atoms with van der Waals surface area (Å²) in [6.07, 6.45) is 0. The second-order valence-electron chi connectivity index (χ2n) is 5.59. The fraction of sp³-hybridized carbons (Fsp3) is 0.375. The highest BCUT2D eigenvalue weighted by molar-refractivity contribution is 7.17. The maximum atomic E-state index is 12.3. The van der Waals surface area contributed by atoms with E-state index in [4.69, 9.17) is 0 Å². The molecular weight excluding hydrogens is 298 g/mol. The number of carbonyl (C=O) groups excluding carboxylic acids is 2. The van der Waals surface area contributed by atoms with E-state index in [1.165, 1.54) is 15.6 Å². The highest BCUT2D eigenvalue weighted by Crippen LogP contribution is 2.26. The first-order valence-electron chi connectivity index (χ1n) is 7.31. The number of hydrogen-bond donors (Lipinski definition) is 1. The Hall–Kier alpha value is -1.92. The Labute approximate surface area is 133 Å². The van der Waals surface area contributed by atoms with E-state index in [2.05, 4.69) is 22.8 Å². The van der Waals surface area contributed by atoms with Gasteiger partial charge in [-0.15, -0.1) is 11.3 Å². The lowest BCUT2D eigenvalue weighted by Gasteiger charge is -2.28. The van der Waals surface area contributed by atoms with Gasteiger partial charge in [0.05, 0.1) is 13.1 Å². The van der Waals surface area contributed by atoms with E-state index in [1.807, 2.05) is 24.1 Å². The van der Waals surface area contributed by atoms with Crippen LogP contribution in [0, 0.1) is 0 Å². The van der Waals surface area contributed by atoms with Gasteiger partial charge in [0.15, 0.2) is 0 Å². The Morgan fingerprint density at radius 3 is 3.05 bits per heavy atom. The van der Waals surface area contributed by atoms with Crippen molar-refractivity contribution in [2.24, 2.45) is 0 Å². The summed E-state index contributed by atoms with van der Waals surface area (Å²) < 4.78 is 1.27. The largest absolute Gasteiger partial charge is 0.353 e. The Morgan fingerprint density at radius 1 is 1.41 bits per heavy atom. The average molecular weight is 317 g/mol. The topological polar surface area (TPSA) is 52.7 Å². The SMILES string of the molecule is CN(CC(=O)N1CCNC(=O)C1)Cc1csc2ccccc12. The summed E-state index contributed by atoms with van der Waals surface area (Å²) >= 11 is 1.73. The van der Waals surface area contributed by atoms with Gasteiger partial charge in [0.25, 0.3) is 0 Å². The summed E-state index contributed by atoms with van der Waals surface area (Å²) in [6, 6.07) is 8.31. The summed E-state index contributed by atoms with van der Waals surface area (Å²) in [6.45, 7) is 2.38. The molecule has 0 atom stereocenters. The molecule has 22 heavy (non-hydrogen) atoms. The van der Waals surface area contributed by atoms with E-state index in [0.29, 0.717) is 19.6 Å². The molecule has 1 aromatic carbocycles. The lowest BCUT2D eigenvalue weighted by atomic mass is 10.1. The highest BCUT2D eigenvalue weighted by atomic mass is 32.1. The molecule has 0 bridgehead atoms. The minimum absolute atomic E-state index is 0.0110. The molecule has 0 unspecified atom stereocenters. The monoisotopic (exact) mass is 317 g/mol. The lowest BCUT2D eigenvalue weighted by molar-refractivity contribution is -0.138. The van der Waals surface area contributed by atoms with Crippen molar-refractivity contribution in [1.82, 2.24) is 15.1 Å². The number of amides is 2. The first-order chi connectivity index (χ1) is 10.6. The molecule has 2 heterocycles. The summed E-state index contributed by atoms with van der Waals surface area (Å²) in [5, 5.41) is 6.14. The Bertz CT molecular complexity index is 698. The van der Waals surface area contributed by atoms with E-state index in [-0.39, 0.29) is 18.4 Å². The van der Waals surface area contributed by atoms with Crippen molar-refractivity contribution in [2.75, 3.05) is 33.2 Å². The molecule has 0 radical (unpaired) electrons. The van der Waals surface area contributed by atoms with E-state index in [9.17, 15) is 9.59 Å². The van der Waals surface area contributed by atoms with Crippen molar-refractivity contribution < 1.29 is 9.59 Å². The molecule has 0 saturated carbocycles. The standard InChI is InChI=1S/C16H19N3O2S/c1-18(10-16(21)19-7-6-17-15(20)9-19)8-12-11-22-14-5-3-2-4-13(12)14/h2-5,11H,6-10H2,1H3,(H,17,20). The number of likely N-dealkylation sites (N-methyl/N-ethyl adjacent to an activating group) is 1. The van der Waals surface area contributed by atoms with Crippen LogP contribution in [0.1, 0.15) is 5.56 Å². The van der Waals surface area contributed by atoms with Crippen LogP contribution < -0.4 is 5.32 Å². The number of fused-ring (bicyclic) bond motifs is 1. The molecule has 3 rings (SSSR count). The van der Waals surface area contributed by atoms with Gasteiger partial charge in [-0.1, -0.05) is 18.2 Å². The zero-order valence-corrected chi connectivity index (χ0v) is 13.4. The normalized spacial score (nSPS) is 15.4. The minimum atomic E-state index is -0.0777. The molecule has 5 nitrogen and oxygen atoms in total. The van der Waals surface area contributed by atoms with Gasteiger partial charge < -0.3 is 10.2 Å². The van der Waals surface area contributed by atoms with Gasteiger partial charge in [-0.3, -0.25) is 14.5 Å². The van der Waals surface area contributed by atoms with Crippen LogP contribution in [0.5, 0.6) is 0 Å². The fourth-order valence-corrected chi connectivity index (χ4v) is 3.64. The van der Waals surface area contributed by atoms with Gasteiger partial charge in [0.1, 0.15) is 0 Å². The average Bonchev–Trinajstić information content (AvgIpc) is 2.90. The highest BCUT2D eigenvalue weighted by Gasteiger charge is 2.22. The second-order valence-corrected chi connectivity index (χ2v) is 6.51. The third-order valence-electron chi connectivity index (χ3n) is 3.80. The van der Waals surface area contributed by atoms with Gasteiger partial charge in [-0.05, 0) is 29.4 Å². The Morgan fingerprint density at radius 2 is 2.23 bits per heavy atom. The molecule has 1 saturated heterocycles. The third kappa shape index (κ3) is 3.28. The molecule has 0 spiro atoms. The summed E-state index contributed by atoms with van der Waals surface area (Å²) in [5.74, 6) is -0.0667. The maximum Gasteiger partial charge on any atom is 0.239 e. The van der Waals surface area contributed by atoms with Crippen LogP contribution in [0.25, 0.3) is 10.1 Å². The third-order valence-corrected chi connectivity index (χ3v) is 4.81. The quantitative estimate of drug-likeness (QED) is 0.924. The van der Waals surface area contributed by atoms with Crippen LogP contribution in [0.15, 0.2) is 29.6 Å². The van der Waals surface area contributed by atoms with Gasteiger partial charge in [-0.2, -0.15) is 0 Å². The first-order valence-corrected chi connectivity index (χ1v) is 8.19. The van der Waals surface area contributed by atoms with Crippen LogP contribution in [-0.4, -0.2) is 54.8 Å². The van der Waals surface area contributed by atoms with Crippen LogP contribution in [0.4, 0.5) is 0 Å². The molecule has 2 aromatic rings. The summed E-state index contributed by atoms with van der Waals surface area (Å²) in [4.78, 5) is 27.2. The zero-order chi connectivity index (χ0) is 15.5. The molecule has 1 fully saturated rings. The molecule has 116 valence electrons. The number of hydrogen-bond acceptors (Lipinski definition) is 4. The number of rotatable bonds is 4. The predicted octanol–water partition coefficient (Wildman–Crippen LogP) is 1.29. The molecule has 0 aliphatic carbocycles. The Balaban J connectivity index is 1.61. The molecule has 1 aromatic heterocycles. The molecule has 1 aliphatic rings. The van der Waals surface area contributed by atoms with Gasteiger partial charge in [-0.25, -0.2) is 0 Å². The first kappa shape index (κ1) is 15.0. The van der Waals surface area contributed by atoms with Crippen molar-refractivity contribution in [3.05, 3.63) is 35.2 Å². The number of piperazine rings is 1. The van der Waals surface area contributed by atoms with Crippen molar-refractivity contribution in [3.63, 3.8) is 0 Å². The number of nitrogens with zero attached hydrogens (tertiary/aromatic N) is 2. The number of thiophene rings is 1. The van der Waals surface area contributed by atoms with Crippen molar-refractivity contribution in [2.45, 2.75) is 6.54 Å². The van der Waals surface area contributed by atoms with Crippen molar-refractivity contribution in [3.8, 4) is 0 Å². The second kappa shape index (κ2) is 6.46. The van der Waals surface area contributed by atoms with E-state index < -0.39 is 0 Å². The van der Waals surface area contributed by atoms with E-state index in [1.54, 1.807) is 16.2 Å². The van der Waals surface area contributed by atoms with Crippen molar-refractivity contribution in [1.29, 1.82) is 0 Å². The minimum Gasteiger partial charge on any atom is -0.353 e. The maximum absolute atomic E-state index is 12.3. The fourth-order valence-electron chi connectivity index (χ4n) is 2.68. The van der Waals surface area contributed by atoms with Crippen LogP contribution in [0.2, 0.25) is 0 Å². The van der Waals surface area contributed by atoms with Crippen molar-refractivity contribution >= 4 is 33.2 Å². The van der Waals surface area contributed by atoms with Crippen LogP contribution in [0.3, 0.4) is 0 Å². The van der Waals surface area contributed by atoms with Gasteiger partial charge >= 0.3 is 0 Å². The molecular formula is C16H19N3O2S. The number of nitrogens with one attached hydrogen (secondary N) is 1. The molecule has 1 aliphatic heterocycles. The summed E-state index contributed by atoms with van der Waals surface area (Å²) in [5.41, 5.74) is 1.24.